The van der Waals surface area contributed by atoms with Gasteiger partial charge in [0, 0.05) is 17.1 Å². The number of hydrogen-bond acceptors (Lipinski definition) is 5. The van der Waals surface area contributed by atoms with Gasteiger partial charge in [0.1, 0.15) is 6.33 Å². The summed E-state index contributed by atoms with van der Waals surface area (Å²) in [5.41, 5.74) is 1.10. The number of hydrogen-bond donors (Lipinski definition) is 2. The van der Waals surface area contributed by atoms with E-state index in [4.69, 9.17) is 0 Å². The lowest BCUT2D eigenvalue weighted by Crippen LogP contribution is -2.22. The summed E-state index contributed by atoms with van der Waals surface area (Å²) in [7, 11) is 0. The van der Waals surface area contributed by atoms with E-state index >= 15 is 0 Å². The van der Waals surface area contributed by atoms with Crippen LogP contribution in [0.2, 0.25) is 0 Å². The largest absolute Gasteiger partial charge is 0.309 e. The van der Waals surface area contributed by atoms with Crippen LogP contribution in [0.5, 0.6) is 0 Å². The highest BCUT2D eigenvalue weighted by Crippen LogP contribution is 2.24. The van der Waals surface area contributed by atoms with Gasteiger partial charge in [0.05, 0.1) is 5.69 Å². The molecule has 0 bridgehead atoms. The van der Waals surface area contributed by atoms with Gasteiger partial charge >= 0.3 is 0 Å². The van der Waals surface area contributed by atoms with Crippen LogP contribution in [0, 0.1) is 0 Å². The molecule has 6 heteroatoms. The molecule has 1 atom stereocenters. The van der Waals surface area contributed by atoms with Crippen molar-refractivity contribution in [3.63, 3.8) is 0 Å². The molecule has 102 valence electrons. The SMILES string of the molecule is CCCNC(CC)c1ccc(Sc2ncn[nH]2)cn1. The van der Waals surface area contributed by atoms with Crippen LogP contribution >= 0.6 is 11.8 Å². The van der Waals surface area contributed by atoms with E-state index < -0.39 is 0 Å². The topological polar surface area (TPSA) is 66.5 Å². The van der Waals surface area contributed by atoms with E-state index in [1.165, 1.54) is 18.1 Å². The highest BCUT2D eigenvalue weighted by Gasteiger charge is 2.09. The molecule has 5 nitrogen and oxygen atoms in total. The van der Waals surface area contributed by atoms with Crippen LogP contribution in [0.15, 0.2) is 34.7 Å². The fraction of sp³-hybridized carbons (Fsp3) is 0.462. The van der Waals surface area contributed by atoms with Crippen molar-refractivity contribution in [2.75, 3.05) is 6.54 Å². The van der Waals surface area contributed by atoms with Gasteiger partial charge in [-0.1, -0.05) is 13.8 Å². The van der Waals surface area contributed by atoms with Crippen molar-refractivity contribution >= 4 is 11.8 Å². The third kappa shape index (κ3) is 4.04. The monoisotopic (exact) mass is 277 g/mol. The van der Waals surface area contributed by atoms with Gasteiger partial charge in [-0.25, -0.2) is 4.98 Å². The van der Waals surface area contributed by atoms with Gasteiger partial charge in [-0.05, 0) is 43.3 Å². The zero-order chi connectivity index (χ0) is 13.5. The minimum absolute atomic E-state index is 0.337. The van der Waals surface area contributed by atoms with Crippen molar-refractivity contribution in [2.24, 2.45) is 0 Å². The fourth-order valence-electron chi connectivity index (χ4n) is 1.79. The second kappa shape index (κ2) is 7.25. The van der Waals surface area contributed by atoms with Crippen LogP contribution in [-0.4, -0.2) is 26.7 Å². The lowest BCUT2D eigenvalue weighted by molar-refractivity contribution is 0.507. The predicted molar refractivity (Wildman–Crippen MR) is 76.1 cm³/mol. The normalized spacial score (nSPS) is 12.5. The third-order valence-electron chi connectivity index (χ3n) is 2.77. The summed E-state index contributed by atoms with van der Waals surface area (Å²) in [5.74, 6) is 0. The molecule has 0 spiro atoms. The van der Waals surface area contributed by atoms with Crippen molar-refractivity contribution in [3.8, 4) is 0 Å². The summed E-state index contributed by atoms with van der Waals surface area (Å²) in [6, 6.07) is 4.49. The molecule has 1 unspecified atom stereocenters. The van der Waals surface area contributed by atoms with Crippen molar-refractivity contribution in [3.05, 3.63) is 30.4 Å². The van der Waals surface area contributed by atoms with Gasteiger partial charge in [-0.2, -0.15) is 5.10 Å². The zero-order valence-corrected chi connectivity index (χ0v) is 12.1. The maximum Gasteiger partial charge on any atom is 0.188 e. The molecule has 0 amide bonds. The average molecular weight is 277 g/mol. The van der Waals surface area contributed by atoms with Crippen LogP contribution in [0.4, 0.5) is 0 Å². The van der Waals surface area contributed by atoms with Crippen LogP contribution in [-0.2, 0) is 0 Å². The highest BCUT2D eigenvalue weighted by atomic mass is 32.2. The smallest absolute Gasteiger partial charge is 0.188 e. The molecule has 0 aromatic carbocycles. The quantitative estimate of drug-likeness (QED) is 0.814. The summed E-state index contributed by atoms with van der Waals surface area (Å²) >= 11 is 1.53. The Kier molecular flexibility index (Phi) is 5.35. The van der Waals surface area contributed by atoms with E-state index in [0.29, 0.717) is 6.04 Å². The van der Waals surface area contributed by atoms with Crippen molar-refractivity contribution < 1.29 is 0 Å². The molecule has 19 heavy (non-hydrogen) atoms. The fourth-order valence-corrected chi connectivity index (χ4v) is 2.45. The first-order chi connectivity index (χ1) is 9.33. The zero-order valence-electron chi connectivity index (χ0n) is 11.3. The van der Waals surface area contributed by atoms with Crippen LogP contribution < -0.4 is 5.32 Å². The summed E-state index contributed by atoms with van der Waals surface area (Å²) < 4.78 is 0. The predicted octanol–water partition coefficient (Wildman–Crippen LogP) is 2.80. The van der Waals surface area contributed by atoms with Crippen molar-refractivity contribution in [1.29, 1.82) is 0 Å². The van der Waals surface area contributed by atoms with Crippen LogP contribution in [0.1, 0.15) is 38.4 Å². The van der Waals surface area contributed by atoms with E-state index in [9.17, 15) is 0 Å². The lowest BCUT2D eigenvalue weighted by Gasteiger charge is -2.16. The van der Waals surface area contributed by atoms with Gasteiger partial charge in [0.2, 0.25) is 0 Å². The van der Waals surface area contributed by atoms with Gasteiger partial charge in [-0.15, -0.1) is 0 Å². The van der Waals surface area contributed by atoms with Crippen molar-refractivity contribution in [2.45, 2.75) is 42.8 Å². The number of nitrogens with one attached hydrogen (secondary N) is 2. The van der Waals surface area contributed by atoms with Crippen LogP contribution in [0.25, 0.3) is 0 Å². The van der Waals surface area contributed by atoms with E-state index in [1.54, 1.807) is 0 Å². The number of aromatic nitrogens is 4. The maximum atomic E-state index is 4.54. The minimum Gasteiger partial charge on any atom is -0.309 e. The Balaban J connectivity index is 2.00. The molecule has 0 aliphatic carbocycles. The molecule has 2 aromatic rings. The number of H-pyrrole nitrogens is 1. The Morgan fingerprint density at radius 2 is 2.21 bits per heavy atom. The first-order valence-corrected chi connectivity index (χ1v) is 7.37. The molecule has 0 radical (unpaired) electrons. The molecule has 2 heterocycles. The Morgan fingerprint density at radius 1 is 1.32 bits per heavy atom. The molecular formula is C13H19N5S. The Hall–Kier alpha value is -1.40. The number of nitrogens with zero attached hydrogens (tertiary/aromatic N) is 3. The molecule has 2 rings (SSSR count). The maximum absolute atomic E-state index is 4.54. The van der Waals surface area contributed by atoms with E-state index in [1.807, 2.05) is 6.20 Å². The minimum atomic E-state index is 0.337. The standard InChI is InChI=1S/C13H19N5S/c1-3-7-14-11(4-2)12-6-5-10(8-15-12)19-13-16-9-17-18-13/h5-6,8-9,11,14H,3-4,7H2,1-2H3,(H,16,17,18). The summed E-state index contributed by atoms with van der Waals surface area (Å²) in [6.07, 6.45) is 5.57. The van der Waals surface area contributed by atoms with Gasteiger partial charge in [0.15, 0.2) is 5.16 Å². The average Bonchev–Trinajstić information content (AvgIpc) is 2.94. The third-order valence-corrected chi connectivity index (χ3v) is 3.64. The van der Waals surface area contributed by atoms with E-state index in [0.717, 1.165) is 35.1 Å². The Bertz CT molecular complexity index is 468. The molecule has 0 saturated carbocycles. The van der Waals surface area contributed by atoms with Crippen molar-refractivity contribution in [1.82, 2.24) is 25.5 Å². The molecule has 0 saturated heterocycles. The van der Waals surface area contributed by atoms with E-state index in [2.05, 4.69) is 51.5 Å². The molecule has 2 aromatic heterocycles. The van der Waals surface area contributed by atoms with E-state index in [-0.39, 0.29) is 0 Å². The number of pyridine rings is 1. The number of aromatic amines is 1. The first kappa shape index (κ1) is 14.0. The Labute approximate surface area is 117 Å². The molecule has 2 N–H and O–H groups in total. The van der Waals surface area contributed by atoms with Gasteiger partial charge in [0.25, 0.3) is 0 Å². The Morgan fingerprint density at radius 3 is 2.79 bits per heavy atom. The molecule has 0 aliphatic rings. The van der Waals surface area contributed by atoms with Gasteiger partial charge in [-0.3, -0.25) is 10.1 Å². The van der Waals surface area contributed by atoms with Crippen LogP contribution in [0.3, 0.4) is 0 Å². The molecule has 0 fully saturated rings. The second-order valence-corrected chi connectivity index (χ2v) is 5.29. The molecule has 0 aliphatic heterocycles. The first-order valence-electron chi connectivity index (χ1n) is 6.56. The summed E-state index contributed by atoms with van der Waals surface area (Å²) in [4.78, 5) is 9.68. The number of rotatable bonds is 7. The lowest BCUT2D eigenvalue weighted by atomic mass is 10.1. The summed E-state index contributed by atoms with van der Waals surface area (Å²) in [5, 5.41) is 10.9. The van der Waals surface area contributed by atoms with Gasteiger partial charge < -0.3 is 5.32 Å². The second-order valence-electron chi connectivity index (χ2n) is 4.23. The molecular weight excluding hydrogens is 258 g/mol. The highest BCUT2D eigenvalue weighted by molar-refractivity contribution is 7.99. The summed E-state index contributed by atoms with van der Waals surface area (Å²) in [6.45, 7) is 5.37.